The van der Waals surface area contributed by atoms with Gasteiger partial charge in [0.05, 0.1) is 5.92 Å². The second-order valence-corrected chi connectivity index (χ2v) is 8.54. The molecule has 5 heteroatoms. The van der Waals surface area contributed by atoms with Crippen molar-refractivity contribution in [2.45, 2.75) is 32.1 Å². The van der Waals surface area contributed by atoms with Gasteiger partial charge in [-0.1, -0.05) is 48.5 Å². The van der Waals surface area contributed by atoms with Crippen molar-refractivity contribution in [2.24, 2.45) is 11.8 Å². The standard InChI is InChI=1S/C25H31N3O2/c29-24(27-16-13-21(14-17-27)18-20-8-3-1-4-9-20)22-10-7-15-28(19-22)25(30)26-23-11-5-2-6-12-23/h1-6,8-9,11-12,21-22H,7,10,13-19H2,(H,26,30)/t22-/m0/s1. The third-order valence-electron chi connectivity index (χ3n) is 6.38. The van der Waals surface area contributed by atoms with Gasteiger partial charge < -0.3 is 15.1 Å². The van der Waals surface area contributed by atoms with E-state index in [9.17, 15) is 9.59 Å². The molecule has 2 aliphatic rings. The molecule has 0 spiro atoms. The Kier molecular flexibility index (Phi) is 6.67. The molecule has 2 aromatic carbocycles. The zero-order chi connectivity index (χ0) is 20.8. The number of carbonyl (C=O) groups is 2. The van der Waals surface area contributed by atoms with Crippen molar-refractivity contribution in [2.75, 3.05) is 31.5 Å². The molecule has 2 fully saturated rings. The Hall–Kier alpha value is -2.82. The van der Waals surface area contributed by atoms with Gasteiger partial charge in [0, 0.05) is 31.9 Å². The topological polar surface area (TPSA) is 52.7 Å². The Morgan fingerprint density at radius 3 is 2.20 bits per heavy atom. The summed E-state index contributed by atoms with van der Waals surface area (Å²) in [5, 5.41) is 2.94. The number of carbonyl (C=O) groups excluding carboxylic acids is 2. The molecule has 0 radical (unpaired) electrons. The number of amides is 3. The first-order valence-corrected chi connectivity index (χ1v) is 11.1. The molecule has 3 amide bonds. The number of benzene rings is 2. The van der Waals surface area contributed by atoms with Crippen LogP contribution in [-0.4, -0.2) is 47.9 Å². The average Bonchev–Trinajstić information content (AvgIpc) is 2.80. The molecule has 2 aliphatic heterocycles. The number of hydrogen-bond donors (Lipinski definition) is 1. The van der Waals surface area contributed by atoms with E-state index in [1.54, 1.807) is 4.90 Å². The number of urea groups is 1. The summed E-state index contributed by atoms with van der Waals surface area (Å²) in [6.07, 6.45) is 4.97. The molecule has 2 heterocycles. The third kappa shape index (κ3) is 5.21. The van der Waals surface area contributed by atoms with E-state index in [-0.39, 0.29) is 17.9 Å². The predicted molar refractivity (Wildman–Crippen MR) is 119 cm³/mol. The lowest BCUT2D eigenvalue weighted by molar-refractivity contribution is -0.138. The minimum Gasteiger partial charge on any atom is -0.342 e. The molecule has 1 N–H and O–H groups in total. The van der Waals surface area contributed by atoms with E-state index < -0.39 is 0 Å². The molecule has 1 atom stereocenters. The Bertz CT molecular complexity index is 832. The SMILES string of the molecule is O=C(Nc1ccccc1)N1CCC[C@H](C(=O)N2CCC(Cc3ccccc3)CC2)C1. The largest absolute Gasteiger partial charge is 0.342 e. The maximum atomic E-state index is 13.1. The third-order valence-corrected chi connectivity index (χ3v) is 6.38. The fourth-order valence-electron chi connectivity index (χ4n) is 4.65. The van der Waals surface area contributed by atoms with Gasteiger partial charge in [-0.05, 0) is 55.7 Å². The van der Waals surface area contributed by atoms with E-state index in [1.807, 2.05) is 35.2 Å². The van der Waals surface area contributed by atoms with Gasteiger partial charge in [-0.25, -0.2) is 4.79 Å². The van der Waals surface area contributed by atoms with Crippen LogP contribution in [0.3, 0.4) is 0 Å². The monoisotopic (exact) mass is 405 g/mol. The Morgan fingerprint density at radius 2 is 1.50 bits per heavy atom. The molecule has 30 heavy (non-hydrogen) atoms. The van der Waals surface area contributed by atoms with Crippen molar-refractivity contribution >= 4 is 17.6 Å². The first kappa shape index (κ1) is 20.5. The summed E-state index contributed by atoms with van der Waals surface area (Å²) in [5.74, 6) is 0.798. The number of nitrogens with one attached hydrogen (secondary N) is 1. The van der Waals surface area contributed by atoms with Gasteiger partial charge in [0.1, 0.15) is 0 Å². The molecule has 4 rings (SSSR count). The van der Waals surface area contributed by atoms with Gasteiger partial charge in [0.25, 0.3) is 0 Å². The summed E-state index contributed by atoms with van der Waals surface area (Å²) >= 11 is 0. The van der Waals surface area contributed by atoms with Crippen LogP contribution in [0.15, 0.2) is 60.7 Å². The van der Waals surface area contributed by atoms with Crippen LogP contribution >= 0.6 is 0 Å². The maximum absolute atomic E-state index is 13.1. The van der Waals surface area contributed by atoms with Crippen LogP contribution < -0.4 is 5.32 Å². The van der Waals surface area contributed by atoms with Crippen molar-refractivity contribution in [3.63, 3.8) is 0 Å². The van der Waals surface area contributed by atoms with E-state index >= 15 is 0 Å². The molecule has 0 aromatic heterocycles. The lowest BCUT2D eigenvalue weighted by Gasteiger charge is -2.38. The second kappa shape index (κ2) is 9.79. The van der Waals surface area contributed by atoms with E-state index in [4.69, 9.17) is 0 Å². The highest BCUT2D eigenvalue weighted by Gasteiger charge is 2.33. The number of para-hydroxylation sites is 1. The van der Waals surface area contributed by atoms with Gasteiger partial charge in [-0.3, -0.25) is 4.79 Å². The Labute approximate surface area is 179 Å². The van der Waals surface area contributed by atoms with Crippen LogP contribution in [-0.2, 0) is 11.2 Å². The molecular weight excluding hydrogens is 374 g/mol. The summed E-state index contributed by atoms with van der Waals surface area (Å²) in [5.41, 5.74) is 2.17. The number of nitrogens with zero attached hydrogens (tertiary/aromatic N) is 2. The van der Waals surface area contributed by atoms with Gasteiger partial charge in [0.15, 0.2) is 0 Å². The predicted octanol–water partition coefficient (Wildman–Crippen LogP) is 4.41. The highest BCUT2D eigenvalue weighted by atomic mass is 16.2. The molecule has 2 aromatic rings. The molecule has 0 bridgehead atoms. The van der Waals surface area contributed by atoms with Crippen molar-refractivity contribution in [1.29, 1.82) is 0 Å². The summed E-state index contributed by atoms with van der Waals surface area (Å²) in [6.45, 7) is 2.90. The molecule has 0 saturated carbocycles. The number of rotatable bonds is 4. The summed E-state index contributed by atoms with van der Waals surface area (Å²) in [6, 6.07) is 20.0. The summed E-state index contributed by atoms with van der Waals surface area (Å²) < 4.78 is 0. The summed E-state index contributed by atoms with van der Waals surface area (Å²) in [4.78, 5) is 29.6. The van der Waals surface area contributed by atoms with Crippen molar-refractivity contribution < 1.29 is 9.59 Å². The van der Waals surface area contributed by atoms with Gasteiger partial charge in [-0.15, -0.1) is 0 Å². The minimum absolute atomic E-state index is 0.0778. The van der Waals surface area contributed by atoms with E-state index in [0.717, 1.165) is 50.9 Å². The van der Waals surface area contributed by atoms with Crippen molar-refractivity contribution in [3.8, 4) is 0 Å². The first-order valence-electron chi connectivity index (χ1n) is 11.1. The fourth-order valence-corrected chi connectivity index (χ4v) is 4.65. The van der Waals surface area contributed by atoms with Crippen LogP contribution in [0.25, 0.3) is 0 Å². The highest BCUT2D eigenvalue weighted by Crippen LogP contribution is 2.25. The Balaban J connectivity index is 1.27. The first-order chi connectivity index (χ1) is 14.7. The van der Waals surface area contributed by atoms with Gasteiger partial charge in [0.2, 0.25) is 5.91 Å². The van der Waals surface area contributed by atoms with Crippen LogP contribution in [0.4, 0.5) is 10.5 Å². The number of piperidine rings is 2. The van der Waals surface area contributed by atoms with Crippen LogP contribution in [0.5, 0.6) is 0 Å². The fraction of sp³-hybridized carbons (Fsp3) is 0.440. The molecule has 2 saturated heterocycles. The van der Waals surface area contributed by atoms with Crippen molar-refractivity contribution in [3.05, 3.63) is 66.2 Å². The zero-order valence-electron chi connectivity index (χ0n) is 17.5. The Morgan fingerprint density at radius 1 is 0.833 bits per heavy atom. The van der Waals surface area contributed by atoms with Crippen LogP contribution in [0.1, 0.15) is 31.2 Å². The molecule has 5 nitrogen and oxygen atoms in total. The smallest absolute Gasteiger partial charge is 0.321 e. The molecule has 0 unspecified atom stereocenters. The lowest BCUT2D eigenvalue weighted by atomic mass is 9.89. The van der Waals surface area contributed by atoms with E-state index in [1.165, 1.54) is 5.56 Å². The zero-order valence-corrected chi connectivity index (χ0v) is 17.5. The van der Waals surface area contributed by atoms with Crippen LogP contribution in [0.2, 0.25) is 0 Å². The molecular formula is C25H31N3O2. The lowest BCUT2D eigenvalue weighted by Crippen LogP contribution is -2.49. The highest BCUT2D eigenvalue weighted by molar-refractivity contribution is 5.90. The molecule has 0 aliphatic carbocycles. The number of likely N-dealkylation sites (tertiary alicyclic amines) is 2. The van der Waals surface area contributed by atoms with Gasteiger partial charge in [-0.2, -0.15) is 0 Å². The maximum Gasteiger partial charge on any atom is 0.321 e. The van der Waals surface area contributed by atoms with E-state index in [0.29, 0.717) is 19.0 Å². The second-order valence-electron chi connectivity index (χ2n) is 8.54. The van der Waals surface area contributed by atoms with E-state index in [2.05, 4.69) is 35.6 Å². The number of hydrogen-bond acceptors (Lipinski definition) is 2. The molecule has 158 valence electrons. The average molecular weight is 406 g/mol. The van der Waals surface area contributed by atoms with Crippen molar-refractivity contribution in [1.82, 2.24) is 9.80 Å². The normalized spacial score (nSPS) is 20.1. The minimum atomic E-state index is -0.111. The number of anilines is 1. The van der Waals surface area contributed by atoms with Crippen LogP contribution in [0, 0.1) is 11.8 Å². The summed E-state index contributed by atoms with van der Waals surface area (Å²) in [7, 11) is 0. The van der Waals surface area contributed by atoms with Gasteiger partial charge >= 0.3 is 6.03 Å². The quantitative estimate of drug-likeness (QED) is 0.819.